The van der Waals surface area contributed by atoms with Gasteiger partial charge in [-0.15, -0.1) is 0 Å². The van der Waals surface area contributed by atoms with Crippen molar-refractivity contribution in [1.82, 2.24) is 4.90 Å². The number of aliphatic hydroxyl groups excluding tert-OH is 1. The SMILES string of the molecule is OCC1[C@@H]2CN(Cc3ccccc3)C[C@@H]12. The number of hydrogen-bond acceptors (Lipinski definition) is 2. The molecule has 0 radical (unpaired) electrons. The quantitative estimate of drug-likeness (QED) is 0.801. The number of nitrogens with zero attached hydrogens (tertiary/aromatic N) is 1. The van der Waals surface area contributed by atoms with Gasteiger partial charge in [-0.3, -0.25) is 4.90 Å². The molecule has 0 spiro atoms. The topological polar surface area (TPSA) is 23.5 Å². The highest BCUT2D eigenvalue weighted by atomic mass is 16.3. The molecule has 1 heterocycles. The van der Waals surface area contributed by atoms with E-state index in [0.717, 1.165) is 18.4 Å². The van der Waals surface area contributed by atoms with Crippen LogP contribution in [0.25, 0.3) is 0 Å². The Morgan fingerprint density at radius 2 is 1.80 bits per heavy atom. The molecule has 0 bridgehead atoms. The number of rotatable bonds is 3. The van der Waals surface area contributed by atoms with E-state index in [2.05, 4.69) is 35.2 Å². The lowest BCUT2D eigenvalue weighted by Crippen LogP contribution is -2.24. The molecular formula is C13H17NO. The standard InChI is InChI=1S/C13H17NO/c15-9-13-11-7-14(8-12(11)13)6-10-4-2-1-3-5-10/h1-5,11-13,15H,6-9H2/t11-,12-/m1/s1. The van der Waals surface area contributed by atoms with Crippen LogP contribution in [0.3, 0.4) is 0 Å². The third kappa shape index (κ3) is 1.68. The van der Waals surface area contributed by atoms with Crippen LogP contribution >= 0.6 is 0 Å². The summed E-state index contributed by atoms with van der Waals surface area (Å²) in [6, 6.07) is 10.6. The van der Waals surface area contributed by atoms with Crippen molar-refractivity contribution in [2.45, 2.75) is 6.54 Å². The van der Waals surface area contributed by atoms with Gasteiger partial charge in [-0.1, -0.05) is 30.3 Å². The first kappa shape index (κ1) is 9.37. The van der Waals surface area contributed by atoms with Gasteiger partial charge in [0.15, 0.2) is 0 Å². The zero-order valence-electron chi connectivity index (χ0n) is 8.84. The first-order valence-electron chi connectivity index (χ1n) is 5.75. The van der Waals surface area contributed by atoms with E-state index in [4.69, 9.17) is 5.11 Å². The van der Waals surface area contributed by atoms with Gasteiger partial charge >= 0.3 is 0 Å². The normalized spacial score (nSPS) is 34.1. The van der Waals surface area contributed by atoms with Crippen molar-refractivity contribution in [3.63, 3.8) is 0 Å². The lowest BCUT2D eigenvalue weighted by Gasteiger charge is -2.18. The first-order valence-corrected chi connectivity index (χ1v) is 5.75. The first-order chi connectivity index (χ1) is 7.38. The van der Waals surface area contributed by atoms with Gasteiger partial charge in [-0.2, -0.15) is 0 Å². The largest absolute Gasteiger partial charge is 0.396 e. The highest BCUT2D eigenvalue weighted by molar-refractivity contribution is 5.15. The second-order valence-corrected chi connectivity index (χ2v) is 4.85. The monoisotopic (exact) mass is 203 g/mol. The summed E-state index contributed by atoms with van der Waals surface area (Å²) in [6.07, 6.45) is 0. The summed E-state index contributed by atoms with van der Waals surface area (Å²) in [5.74, 6) is 2.20. The fourth-order valence-electron chi connectivity index (χ4n) is 2.98. The number of likely N-dealkylation sites (tertiary alicyclic amines) is 1. The Morgan fingerprint density at radius 3 is 2.40 bits per heavy atom. The molecule has 3 rings (SSSR count). The second kappa shape index (κ2) is 3.62. The van der Waals surface area contributed by atoms with Gasteiger partial charge in [0.05, 0.1) is 0 Å². The van der Waals surface area contributed by atoms with Crippen LogP contribution in [0.2, 0.25) is 0 Å². The third-order valence-electron chi connectivity index (χ3n) is 3.91. The van der Waals surface area contributed by atoms with Crippen LogP contribution in [0.4, 0.5) is 0 Å². The zero-order chi connectivity index (χ0) is 10.3. The van der Waals surface area contributed by atoms with Gasteiger partial charge < -0.3 is 5.11 Å². The Labute approximate surface area is 90.5 Å². The highest BCUT2D eigenvalue weighted by Gasteiger charge is 2.54. The summed E-state index contributed by atoms with van der Waals surface area (Å²) in [6.45, 7) is 3.84. The van der Waals surface area contributed by atoms with Crippen molar-refractivity contribution in [2.75, 3.05) is 19.7 Å². The molecule has 1 aromatic carbocycles. The molecule has 15 heavy (non-hydrogen) atoms. The molecule has 1 aromatic rings. The van der Waals surface area contributed by atoms with Crippen LogP contribution in [-0.2, 0) is 6.54 Å². The van der Waals surface area contributed by atoms with Crippen LogP contribution < -0.4 is 0 Å². The molecule has 0 amide bonds. The predicted molar refractivity (Wildman–Crippen MR) is 59.3 cm³/mol. The number of piperidine rings is 1. The summed E-state index contributed by atoms with van der Waals surface area (Å²) >= 11 is 0. The molecule has 2 nitrogen and oxygen atoms in total. The Bertz CT molecular complexity index is 326. The van der Waals surface area contributed by atoms with Crippen molar-refractivity contribution in [2.24, 2.45) is 17.8 Å². The minimum atomic E-state index is 0.397. The van der Waals surface area contributed by atoms with E-state index in [1.807, 2.05) is 0 Å². The Hall–Kier alpha value is -0.860. The van der Waals surface area contributed by atoms with Crippen LogP contribution in [0.1, 0.15) is 5.56 Å². The van der Waals surface area contributed by atoms with Crippen LogP contribution in [0.15, 0.2) is 30.3 Å². The average Bonchev–Trinajstić information content (AvgIpc) is 2.75. The molecule has 1 aliphatic heterocycles. The maximum Gasteiger partial charge on any atom is 0.0465 e. The molecule has 80 valence electrons. The van der Waals surface area contributed by atoms with Gasteiger partial charge in [-0.25, -0.2) is 0 Å². The molecule has 2 aliphatic rings. The number of benzene rings is 1. The van der Waals surface area contributed by atoms with E-state index >= 15 is 0 Å². The molecule has 2 heteroatoms. The third-order valence-corrected chi connectivity index (χ3v) is 3.91. The van der Waals surface area contributed by atoms with Crippen molar-refractivity contribution in [3.05, 3.63) is 35.9 Å². The summed E-state index contributed by atoms with van der Waals surface area (Å²) in [5.41, 5.74) is 1.40. The van der Waals surface area contributed by atoms with Gasteiger partial charge in [0.25, 0.3) is 0 Å². The summed E-state index contributed by atoms with van der Waals surface area (Å²) < 4.78 is 0. The maximum atomic E-state index is 9.07. The fourth-order valence-corrected chi connectivity index (χ4v) is 2.98. The lowest BCUT2D eigenvalue weighted by molar-refractivity contribution is 0.217. The van der Waals surface area contributed by atoms with Gasteiger partial charge in [0.2, 0.25) is 0 Å². The van der Waals surface area contributed by atoms with Crippen LogP contribution in [0, 0.1) is 17.8 Å². The van der Waals surface area contributed by atoms with Gasteiger partial charge in [0.1, 0.15) is 0 Å². The van der Waals surface area contributed by atoms with Crippen molar-refractivity contribution < 1.29 is 5.11 Å². The molecular weight excluding hydrogens is 186 g/mol. The van der Waals surface area contributed by atoms with E-state index < -0.39 is 0 Å². The molecule has 1 saturated heterocycles. The molecule has 2 atom stereocenters. The zero-order valence-corrected chi connectivity index (χ0v) is 8.84. The highest BCUT2D eigenvalue weighted by Crippen LogP contribution is 2.51. The van der Waals surface area contributed by atoms with E-state index in [1.54, 1.807) is 0 Å². The molecule has 2 fully saturated rings. The fraction of sp³-hybridized carbons (Fsp3) is 0.538. The van der Waals surface area contributed by atoms with E-state index in [1.165, 1.54) is 18.7 Å². The van der Waals surface area contributed by atoms with Crippen molar-refractivity contribution in [3.8, 4) is 0 Å². The van der Waals surface area contributed by atoms with Gasteiger partial charge in [-0.05, 0) is 23.3 Å². The Balaban J connectivity index is 1.56. The summed E-state index contributed by atoms with van der Waals surface area (Å²) in [4.78, 5) is 2.51. The molecule has 1 saturated carbocycles. The summed E-state index contributed by atoms with van der Waals surface area (Å²) in [7, 11) is 0. The minimum Gasteiger partial charge on any atom is -0.396 e. The number of fused-ring (bicyclic) bond motifs is 1. The van der Waals surface area contributed by atoms with Crippen LogP contribution in [0.5, 0.6) is 0 Å². The Morgan fingerprint density at radius 1 is 1.13 bits per heavy atom. The van der Waals surface area contributed by atoms with Crippen molar-refractivity contribution in [1.29, 1.82) is 0 Å². The predicted octanol–water partition coefficient (Wildman–Crippen LogP) is 1.36. The molecule has 1 aliphatic carbocycles. The molecule has 0 aromatic heterocycles. The second-order valence-electron chi connectivity index (χ2n) is 4.85. The summed E-state index contributed by atoms with van der Waals surface area (Å²) in [5, 5.41) is 9.07. The van der Waals surface area contributed by atoms with E-state index in [-0.39, 0.29) is 0 Å². The average molecular weight is 203 g/mol. The number of hydrogen-bond donors (Lipinski definition) is 1. The number of aliphatic hydroxyl groups is 1. The van der Waals surface area contributed by atoms with Crippen molar-refractivity contribution >= 4 is 0 Å². The maximum absolute atomic E-state index is 9.07. The smallest absolute Gasteiger partial charge is 0.0465 e. The molecule has 1 N–H and O–H groups in total. The minimum absolute atomic E-state index is 0.397. The Kier molecular flexibility index (Phi) is 2.26. The van der Waals surface area contributed by atoms with Gasteiger partial charge in [0, 0.05) is 26.2 Å². The van der Waals surface area contributed by atoms with E-state index in [0.29, 0.717) is 12.5 Å². The van der Waals surface area contributed by atoms with Crippen LogP contribution in [-0.4, -0.2) is 29.7 Å². The lowest BCUT2D eigenvalue weighted by atomic mass is 10.2. The van der Waals surface area contributed by atoms with E-state index in [9.17, 15) is 0 Å². The molecule has 0 unspecified atom stereocenters.